The van der Waals surface area contributed by atoms with Crippen LogP contribution in [-0.4, -0.2) is 18.6 Å². The largest absolute Gasteiger partial charge is 0.339 e. The third-order valence-electron chi connectivity index (χ3n) is 5.30. The number of anilines is 1. The van der Waals surface area contributed by atoms with Crippen molar-refractivity contribution in [3.8, 4) is 11.1 Å². The van der Waals surface area contributed by atoms with E-state index in [9.17, 15) is 8.42 Å². The molecule has 0 spiro atoms. The Bertz CT molecular complexity index is 1300. The molecule has 0 radical (unpaired) electrons. The van der Waals surface area contributed by atoms with Gasteiger partial charge >= 0.3 is 0 Å². The zero-order valence-corrected chi connectivity index (χ0v) is 17.5. The second-order valence-electron chi connectivity index (χ2n) is 7.65. The first-order valence-electron chi connectivity index (χ1n) is 10.2. The van der Waals surface area contributed by atoms with Crippen LogP contribution < -0.4 is 4.72 Å². The summed E-state index contributed by atoms with van der Waals surface area (Å²) in [7, 11) is -3.74. The quantitative estimate of drug-likeness (QED) is 0.445. The van der Waals surface area contributed by atoms with E-state index in [1.165, 1.54) is 0 Å². The number of aromatic nitrogens is 2. The van der Waals surface area contributed by atoms with Crippen molar-refractivity contribution in [2.24, 2.45) is 0 Å². The Hall–Kier alpha value is -3.45. The molecule has 4 aromatic rings. The first-order valence-corrected chi connectivity index (χ1v) is 11.7. The Balaban J connectivity index is 1.36. The van der Waals surface area contributed by atoms with Crippen molar-refractivity contribution in [2.75, 3.05) is 4.72 Å². The van der Waals surface area contributed by atoms with Crippen LogP contribution in [0.2, 0.25) is 0 Å². The fourth-order valence-electron chi connectivity index (χ4n) is 3.44. The highest BCUT2D eigenvalue weighted by atomic mass is 32.2. The van der Waals surface area contributed by atoms with Crippen LogP contribution in [0.15, 0.2) is 88.3 Å². The Morgan fingerprint density at radius 3 is 2.29 bits per heavy atom. The number of benzene rings is 3. The summed E-state index contributed by atoms with van der Waals surface area (Å²) in [5, 5.41) is 4.03. The SMILES string of the molecule is O=S(=O)(Nc1ccccc1Cc1nc(C2CC2)no1)c1ccc(-c2ccccc2)cc1. The van der Waals surface area contributed by atoms with Gasteiger partial charge in [0, 0.05) is 5.92 Å². The van der Waals surface area contributed by atoms with Crippen molar-refractivity contribution < 1.29 is 12.9 Å². The van der Waals surface area contributed by atoms with Gasteiger partial charge in [0.2, 0.25) is 5.89 Å². The first kappa shape index (κ1) is 19.5. The van der Waals surface area contributed by atoms with Crippen molar-refractivity contribution >= 4 is 15.7 Å². The summed E-state index contributed by atoms with van der Waals surface area (Å²) in [6, 6.07) is 24.0. The Morgan fingerprint density at radius 1 is 0.871 bits per heavy atom. The van der Waals surface area contributed by atoms with Crippen molar-refractivity contribution in [1.82, 2.24) is 10.1 Å². The number of nitrogens with zero attached hydrogens (tertiary/aromatic N) is 2. The molecule has 1 heterocycles. The molecule has 0 saturated heterocycles. The van der Waals surface area contributed by atoms with E-state index >= 15 is 0 Å². The zero-order chi connectivity index (χ0) is 21.3. The van der Waals surface area contributed by atoms with Crippen LogP contribution in [-0.2, 0) is 16.4 Å². The minimum Gasteiger partial charge on any atom is -0.339 e. The molecule has 1 aliphatic carbocycles. The van der Waals surface area contributed by atoms with Crippen LogP contribution in [0.1, 0.15) is 36.0 Å². The normalized spacial score (nSPS) is 13.8. The van der Waals surface area contributed by atoms with E-state index in [-0.39, 0.29) is 4.90 Å². The van der Waals surface area contributed by atoms with Crippen LogP contribution in [0.4, 0.5) is 5.69 Å². The van der Waals surface area contributed by atoms with E-state index in [4.69, 9.17) is 4.52 Å². The molecule has 0 bridgehead atoms. The minimum atomic E-state index is -3.74. The molecule has 5 rings (SSSR count). The maximum absolute atomic E-state index is 13.0. The maximum atomic E-state index is 13.0. The Labute approximate surface area is 181 Å². The van der Waals surface area contributed by atoms with Crippen molar-refractivity contribution in [3.05, 3.63) is 96.1 Å². The predicted octanol–water partition coefficient (Wildman–Crippen LogP) is 5.01. The van der Waals surface area contributed by atoms with Gasteiger partial charge in [-0.25, -0.2) is 8.42 Å². The summed E-state index contributed by atoms with van der Waals surface area (Å²) in [6.45, 7) is 0. The van der Waals surface area contributed by atoms with E-state index in [1.807, 2.05) is 54.6 Å². The average molecular weight is 432 g/mol. The molecule has 7 heteroatoms. The average Bonchev–Trinajstić information content (AvgIpc) is 3.54. The van der Waals surface area contributed by atoms with E-state index in [0.717, 1.165) is 35.4 Å². The lowest BCUT2D eigenvalue weighted by Gasteiger charge is -2.12. The topological polar surface area (TPSA) is 85.1 Å². The fraction of sp³-hybridized carbons (Fsp3) is 0.167. The summed E-state index contributed by atoms with van der Waals surface area (Å²) >= 11 is 0. The number of hydrogen-bond acceptors (Lipinski definition) is 5. The molecular weight excluding hydrogens is 410 g/mol. The van der Waals surface area contributed by atoms with Gasteiger partial charge in [0.1, 0.15) is 0 Å². The summed E-state index contributed by atoms with van der Waals surface area (Å²) < 4.78 is 34.0. The molecular formula is C24H21N3O3S. The lowest BCUT2D eigenvalue weighted by molar-refractivity contribution is 0.379. The monoisotopic (exact) mass is 431 g/mol. The summed E-state index contributed by atoms with van der Waals surface area (Å²) in [5.74, 6) is 1.64. The fourth-order valence-corrected chi connectivity index (χ4v) is 4.55. The molecule has 0 unspecified atom stereocenters. The lowest BCUT2D eigenvalue weighted by atomic mass is 10.1. The number of nitrogens with one attached hydrogen (secondary N) is 1. The first-order chi connectivity index (χ1) is 15.1. The van der Waals surface area contributed by atoms with Crippen LogP contribution >= 0.6 is 0 Å². The van der Waals surface area contributed by atoms with Crippen LogP contribution in [0.3, 0.4) is 0 Å². The molecule has 1 N–H and O–H groups in total. The molecule has 31 heavy (non-hydrogen) atoms. The van der Waals surface area contributed by atoms with E-state index in [0.29, 0.717) is 23.9 Å². The van der Waals surface area contributed by atoms with Crippen LogP contribution in [0.5, 0.6) is 0 Å². The minimum absolute atomic E-state index is 0.204. The van der Waals surface area contributed by atoms with E-state index in [2.05, 4.69) is 14.9 Å². The molecule has 3 aromatic carbocycles. The molecule has 1 aromatic heterocycles. The van der Waals surface area contributed by atoms with Crippen molar-refractivity contribution in [1.29, 1.82) is 0 Å². The smallest absolute Gasteiger partial charge is 0.261 e. The highest BCUT2D eigenvalue weighted by Crippen LogP contribution is 2.38. The Morgan fingerprint density at radius 2 is 1.55 bits per heavy atom. The van der Waals surface area contributed by atoms with Crippen molar-refractivity contribution in [3.63, 3.8) is 0 Å². The molecule has 6 nitrogen and oxygen atoms in total. The van der Waals surface area contributed by atoms with Gasteiger partial charge < -0.3 is 4.52 Å². The number of rotatable bonds is 7. The van der Waals surface area contributed by atoms with Gasteiger partial charge in [0.05, 0.1) is 17.0 Å². The van der Waals surface area contributed by atoms with Gasteiger partial charge in [-0.05, 0) is 47.7 Å². The maximum Gasteiger partial charge on any atom is 0.261 e. The predicted molar refractivity (Wildman–Crippen MR) is 118 cm³/mol. The highest BCUT2D eigenvalue weighted by molar-refractivity contribution is 7.92. The molecule has 156 valence electrons. The Kier molecular flexibility index (Phi) is 5.03. The molecule has 0 aliphatic heterocycles. The second kappa shape index (κ2) is 8.00. The number of hydrogen-bond donors (Lipinski definition) is 1. The zero-order valence-electron chi connectivity index (χ0n) is 16.7. The van der Waals surface area contributed by atoms with Gasteiger partial charge in [0.15, 0.2) is 5.82 Å². The highest BCUT2D eigenvalue weighted by Gasteiger charge is 2.29. The molecule has 0 atom stereocenters. The third-order valence-corrected chi connectivity index (χ3v) is 6.68. The summed E-state index contributed by atoms with van der Waals surface area (Å²) in [4.78, 5) is 4.65. The molecule has 1 aliphatic rings. The van der Waals surface area contributed by atoms with Crippen molar-refractivity contribution in [2.45, 2.75) is 30.1 Å². The van der Waals surface area contributed by atoms with Gasteiger partial charge in [0.25, 0.3) is 10.0 Å². The second-order valence-corrected chi connectivity index (χ2v) is 9.33. The standard InChI is InChI=1S/C24H21N3O3S/c28-31(29,21-14-12-18(13-15-21)17-6-2-1-3-7-17)27-22-9-5-4-8-20(22)16-23-25-24(26-30-23)19-10-11-19/h1-9,12-15,19,27H,10-11,16H2. The van der Waals surface area contributed by atoms with Gasteiger partial charge in [-0.3, -0.25) is 4.72 Å². The van der Waals surface area contributed by atoms with Gasteiger partial charge in [-0.2, -0.15) is 4.98 Å². The van der Waals surface area contributed by atoms with E-state index in [1.54, 1.807) is 24.3 Å². The summed E-state index contributed by atoms with van der Waals surface area (Å²) in [5.41, 5.74) is 3.27. The molecule has 1 fully saturated rings. The van der Waals surface area contributed by atoms with Crippen LogP contribution in [0, 0.1) is 0 Å². The number of sulfonamides is 1. The summed E-state index contributed by atoms with van der Waals surface area (Å²) in [6.07, 6.45) is 2.56. The van der Waals surface area contributed by atoms with Crippen LogP contribution in [0.25, 0.3) is 11.1 Å². The number of para-hydroxylation sites is 1. The van der Waals surface area contributed by atoms with Gasteiger partial charge in [-0.15, -0.1) is 0 Å². The molecule has 0 amide bonds. The van der Waals surface area contributed by atoms with E-state index < -0.39 is 10.0 Å². The van der Waals surface area contributed by atoms with Gasteiger partial charge in [-0.1, -0.05) is 65.8 Å². The lowest BCUT2D eigenvalue weighted by Crippen LogP contribution is -2.14. The molecule has 1 saturated carbocycles. The third kappa shape index (κ3) is 4.36.